The van der Waals surface area contributed by atoms with E-state index in [9.17, 15) is 31.1 Å². The third-order valence-electron chi connectivity index (χ3n) is 5.08. The number of rotatable bonds is 3. The van der Waals surface area contributed by atoms with Gasteiger partial charge in [-0.1, -0.05) is 35.9 Å². The summed E-state index contributed by atoms with van der Waals surface area (Å²) in [5.41, 5.74) is -1.31. The summed E-state index contributed by atoms with van der Waals surface area (Å²) in [7, 11) is 0. The molecule has 0 bridgehead atoms. The Hall–Kier alpha value is -3.26. The van der Waals surface area contributed by atoms with Gasteiger partial charge in [0.15, 0.2) is 5.43 Å². The van der Waals surface area contributed by atoms with Gasteiger partial charge in [0.25, 0.3) is 0 Å². The molecule has 0 radical (unpaired) electrons. The number of hydrogen-bond donors (Lipinski definition) is 0. The maximum atomic E-state index is 13.3. The minimum Gasteiger partial charge on any atom is -0.456 e. The highest BCUT2D eigenvalue weighted by molar-refractivity contribution is 6.31. The molecule has 0 aliphatic rings. The van der Waals surface area contributed by atoms with Crippen molar-refractivity contribution >= 4 is 22.6 Å². The van der Waals surface area contributed by atoms with Crippen LogP contribution in [0.1, 0.15) is 22.3 Å². The van der Waals surface area contributed by atoms with Crippen molar-refractivity contribution in [2.24, 2.45) is 0 Å². The van der Waals surface area contributed by atoms with Crippen LogP contribution in [0.25, 0.3) is 22.3 Å². The molecule has 0 aliphatic heterocycles. The van der Waals surface area contributed by atoms with Crippen molar-refractivity contribution < 1.29 is 30.8 Å². The molecule has 3 aromatic carbocycles. The van der Waals surface area contributed by atoms with Crippen molar-refractivity contribution in [2.45, 2.75) is 18.8 Å². The molecule has 9 heteroatoms. The first-order chi connectivity index (χ1) is 15.4. The minimum absolute atomic E-state index is 0.0310. The molecular formula is C24H13ClF6O2. The van der Waals surface area contributed by atoms with E-state index in [2.05, 4.69) is 0 Å². The van der Waals surface area contributed by atoms with Crippen LogP contribution in [0.2, 0.25) is 5.02 Å². The van der Waals surface area contributed by atoms with Crippen LogP contribution in [0.4, 0.5) is 26.3 Å². The van der Waals surface area contributed by atoms with Crippen LogP contribution in [0.15, 0.2) is 75.9 Å². The van der Waals surface area contributed by atoms with Gasteiger partial charge in [0.2, 0.25) is 0 Å². The summed E-state index contributed by atoms with van der Waals surface area (Å²) in [6, 6.07) is 12.7. The molecule has 0 saturated heterocycles. The van der Waals surface area contributed by atoms with Crippen molar-refractivity contribution in [2.75, 3.05) is 0 Å². The van der Waals surface area contributed by atoms with Crippen molar-refractivity contribution in [3.63, 3.8) is 0 Å². The van der Waals surface area contributed by atoms with Crippen molar-refractivity contribution in [3.8, 4) is 11.3 Å². The molecule has 0 N–H and O–H groups in total. The number of hydrogen-bond acceptors (Lipinski definition) is 2. The van der Waals surface area contributed by atoms with Gasteiger partial charge in [-0.15, -0.1) is 0 Å². The summed E-state index contributed by atoms with van der Waals surface area (Å²) in [4.78, 5) is 13.3. The highest BCUT2D eigenvalue weighted by Gasteiger charge is 2.31. The molecule has 1 aromatic heterocycles. The molecule has 4 rings (SSSR count). The number of benzene rings is 3. The lowest BCUT2D eigenvalue weighted by atomic mass is 9.97. The van der Waals surface area contributed by atoms with E-state index in [0.29, 0.717) is 5.56 Å². The van der Waals surface area contributed by atoms with Crippen LogP contribution in [0.5, 0.6) is 0 Å². The molecule has 0 atom stereocenters. The molecule has 0 unspecified atom stereocenters. The fourth-order valence-corrected chi connectivity index (χ4v) is 3.60. The van der Waals surface area contributed by atoms with E-state index in [0.717, 1.165) is 24.3 Å². The van der Waals surface area contributed by atoms with Gasteiger partial charge in [0, 0.05) is 22.6 Å². The summed E-state index contributed by atoms with van der Waals surface area (Å²) in [5, 5.41) is 0.428. The molecule has 170 valence electrons. The average Bonchev–Trinajstić information content (AvgIpc) is 2.75. The zero-order chi connectivity index (χ0) is 24.0. The first-order valence-electron chi connectivity index (χ1n) is 9.52. The Labute approximate surface area is 188 Å². The third-order valence-corrected chi connectivity index (χ3v) is 5.32. The van der Waals surface area contributed by atoms with Gasteiger partial charge in [0.05, 0.1) is 16.5 Å². The first kappa shape index (κ1) is 22.9. The molecule has 33 heavy (non-hydrogen) atoms. The Morgan fingerprint density at radius 1 is 0.758 bits per heavy atom. The van der Waals surface area contributed by atoms with Gasteiger partial charge >= 0.3 is 12.4 Å². The van der Waals surface area contributed by atoms with Gasteiger partial charge in [-0.05, 0) is 48.0 Å². The van der Waals surface area contributed by atoms with Crippen LogP contribution < -0.4 is 5.43 Å². The van der Waals surface area contributed by atoms with Crippen LogP contribution in [-0.4, -0.2) is 0 Å². The topological polar surface area (TPSA) is 30.2 Å². The van der Waals surface area contributed by atoms with Crippen molar-refractivity contribution in [1.29, 1.82) is 0 Å². The van der Waals surface area contributed by atoms with E-state index in [1.54, 1.807) is 0 Å². The molecule has 0 aliphatic carbocycles. The van der Waals surface area contributed by atoms with E-state index in [1.165, 1.54) is 42.5 Å². The Kier molecular flexibility index (Phi) is 5.74. The Morgan fingerprint density at radius 2 is 1.30 bits per heavy atom. The third kappa shape index (κ3) is 4.75. The van der Waals surface area contributed by atoms with E-state index in [1.807, 2.05) is 0 Å². The number of alkyl halides is 6. The minimum atomic E-state index is -4.54. The fraction of sp³-hybridized carbons (Fsp3) is 0.125. The van der Waals surface area contributed by atoms with E-state index < -0.39 is 28.9 Å². The zero-order valence-electron chi connectivity index (χ0n) is 16.5. The number of fused-ring (bicyclic) bond motifs is 1. The van der Waals surface area contributed by atoms with Crippen molar-refractivity contribution in [3.05, 3.63) is 104 Å². The molecule has 0 fully saturated rings. The van der Waals surface area contributed by atoms with Crippen LogP contribution in [0, 0.1) is 0 Å². The average molecular weight is 483 g/mol. The monoisotopic (exact) mass is 482 g/mol. The van der Waals surface area contributed by atoms with Crippen molar-refractivity contribution in [1.82, 2.24) is 0 Å². The van der Waals surface area contributed by atoms with Gasteiger partial charge in [-0.2, -0.15) is 26.3 Å². The fourth-order valence-electron chi connectivity index (χ4n) is 3.43. The quantitative estimate of drug-likeness (QED) is 0.279. The number of halogens is 7. The summed E-state index contributed by atoms with van der Waals surface area (Å²) in [6.07, 6.45) is -9.15. The maximum absolute atomic E-state index is 13.3. The van der Waals surface area contributed by atoms with Crippen LogP contribution in [-0.2, 0) is 18.8 Å². The van der Waals surface area contributed by atoms with Gasteiger partial charge in [-0.25, -0.2) is 0 Å². The predicted molar refractivity (Wildman–Crippen MR) is 112 cm³/mol. The summed E-state index contributed by atoms with van der Waals surface area (Å²) in [5.74, 6) is 0.0310. The van der Waals surface area contributed by atoms with Gasteiger partial charge in [0.1, 0.15) is 11.3 Å². The standard InChI is InChI=1S/C24H13ClF6O2/c25-17-9-10-20-18(12-17)21(32)19(11-13-1-5-15(6-2-13)23(26,27)28)22(33-20)14-3-7-16(8-4-14)24(29,30)31/h1-10,12H,11H2. The maximum Gasteiger partial charge on any atom is 0.416 e. The second-order valence-corrected chi connectivity index (χ2v) is 7.76. The normalized spacial score (nSPS) is 12.3. The second-order valence-electron chi connectivity index (χ2n) is 7.33. The first-order valence-corrected chi connectivity index (χ1v) is 9.90. The smallest absolute Gasteiger partial charge is 0.416 e. The summed E-state index contributed by atoms with van der Waals surface area (Å²) < 4.78 is 83.3. The lowest BCUT2D eigenvalue weighted by Crippen LogP contribution is -2.12. The molecule has 0 spiro atoms. The van der Waals surface area contributed by atoms with E-state index >= 15 is 0 Å². The Morgan fingerprint density at radius 3 is 1.85 bits per heavy atom. The lowest BCUT2D eigenvalue weighted by molar-refractivity contribution is -0.138. The Balaban J connectivity index is 1.86. The Bertz CT molecular complexity index is 1370. The highest BCUT2D eigenvalue weighted by Crippen LogP contribution is 2.34. The van der Waals surface area contributed by atoms with Gasteiger partial charge < -0.3 is 4.42 Å². The molecule has 0 saturated carbocycles. The zero-order valence-corrected chi connectivity index (χ0v) is 17.3. The SMILES string of the molecule is O=c1c(Cc2ccc(C(F)(F)F)cc2)c(-c2ccc(C(F)(F)F)cc2)oc2ccc(Cl)cc12. The van der Waals surface area contributed by atoms with Gasteiger partial charge in [-0.3, -0.25) is 4.79 Å². The largest absolute Gasteiger partial charge is 0.456 e. The lowest BCUT2D eigenvalue weighted by Gasteiger charge is -2.13. The van der Waals surface area contributed by atoms with E-state index in [4.69, 9.17) is 16.0 Å². The molecule has 4 aromatic rings. The predicted octanol–water partition coefficient (Wildman–Crippen LogP) is 7.74. The highest BCUT2D eigenvalue weighted by atomic mass is 35.5. The molecular weight excluding hydrogens is 470 g/mol. The summed E-state index contributed by atoms with van der Waals surface area (Å²) >= 11 is 5.99. The molecule has 0 amide bonds. The molecule has 1 heterocycles. The second kappa shape index (κ2) is 8.26. The van der Waals surface area contributed by atoms with Crippen LogP contribution in [0.3, 0.4) is 0 Å². The van der Waals surface area contributed by atoms with E-state index in [-0.39, 0.29) is 39.3 Å². The molecule has 2 nitrogen and oxygen atoms in total. The van der Waals surface area contributed by atoms with Crippen LogP contribution >= 0.6 is 11.6 Å². The summed E-state index contributed by atoms with van der Waals surface area (Å²) in [6.45, 7) is 0.